The maximum atomic E-state index is 15.1. The number of aromatic nitrogens is 2. The monoisotopic (exact) mass is 499 g/mol. The normalized spacial score (nSPS) is 19.7. The lowest BCUT2D eigenvalue weighted by atomic mass is 10.0. The van der Waals surface area contributed by atoms with E-state index in [9.17, 15) is 9.18 Å². The van der Waals surface area contributed by atoms with Gasteiger partial charge in [-0.1, -0.05) is 25.7 Å². The Balaban J connectivity index is 1.50. The summed E-state index contributed by atoms with van der Waals surface area (Å²) >= 11 is 0. The van der Waals surface area contributed by atoms with Crippen LogP contribution in [0.3, 0.4) is 0 Å². The van der Waals surface area contributed by atoms with Crippen LogP contribution in [0.2, 0.25) is 25.7 Å². The summed E-state index contributed by atoms with van der Waals surface area (Å²) in [6, 6.07) is 9.35. The number of nitrogens with zero attached hydrogens (tertiary/aromatic N) is 2. The molecule has 3 aromatic rings. The average molecular weight is 500 g/mol. The zero-order valence-corrected chi connectivity index (χ0v) is 21.3. The molecule has 2 fully saturated rings. The second-order valence-corrected chi connectivity index (χ2v) is 16.3. The zero-order valence-electron chi connectivity index (χ0n) is 20.3. The third kappa shape index (κ3) is 5.56. The van der Waals surface area contributed by atoms with Gasteiger partial charge in [-0.2, -0.15) is 0 Å². The molecule has 0 radical (unpaired) electrons. The van der Waals surface area contributed by atoms with Crippen molar-refractivity contribution >= 4 is 30.8 Å². The molecule has 9 heteroatoms. The summed E-state index contributed by atoms with van der Waals surface area (Å²) in [7, 11) is -1.25. The van der Waals surface area contributed by atoms with Crippen LogP contribution < -0.4 is 10.1 Å². The van der Waals surface area contributed by atoms with Crippen molar-refractivity contribution in [2.75, 3.05) is 11.9 Å². The number of carbonyl (C=O) groups excluding carboxylic acids is 1. The van der Waals surface area contributed by atoms with Crippen molar-refractivity contribution in [3.63, 3.8) is 0 Å². The highest BCUT2D eigenvalue weighted by Crippen LogP contribution is 2.41. The van der Waals surface area contributed by atoms with E-state index in [-0.39, 0.29) is 31.0 Å². The lowest BCUT2D eigenvalue weighted by molar-refractivity contribution is -0.117. The molecule has 0 aliphatic heterocycles. The van der Waals surface area contributed by atoms with Gasteiger partial charge in [0.05, 0.1) is 17.6 Å². The van der Waals surface area contributed by atoms with Crippen LogP contribution in [0, 0.1) is 11.7 Å². The molecule has 2 aliphatic carbocycles. The van der Waals surface area contributed by atoms with Crippen LogP contribution in [0.25, 0.3) is 22.2 Å². The molecule has 0 spiro atoms. The largest absolute Gasteiger partial charge is 0.490 e. The summed E-state index contributed by atoms with van der Waals surface area (Å²) in [6.45, 7) is 7.73. The van der Waals surface area contributed by atoms with Crippen LogP contribution in [0.4, 0.5) is 14.6 Å². The lowest BCUT2D eigenvalue weighted by Crippen LogP contribution is -2.22. The third-order valence-electron chi connectivity index (χ3n) is 6.31. The van der Waals surface area contributed by atoms with Crippen LogP contribution in [-0.4, -0.2) is 42.4 Å². The van der Waals surface area contributed by atoms with Crippen LogP contribution in [-0.2, 0) is 16.3 Å². The van der Waals surface area contributed by atoms with Crippen LogP contribution in [0.5, 0.6) is 5.75 Å². The molecule has 2 aliphatic rings. The second kappa shape index (κ2) is 9.35. The molecule has 0 saturated heterocycles. The van der Waals surface area contributed by atoms with Gasteiger partial charge in [0.25, 0.3) is 0 Å². The van der Waals surface area contributed by atoms with E-state index in [4.69, 9.17) is 9.47 Å². The zero-order chi connectivity index (χ0) is 24.7. The first-order valence-electron chi connectivity index (χ1n) is 12.2. The van der Waals surface area contributed by atoms with Crippen LogP contribution in [0.1, 0.15) is 19.3 Å². The number of halogens is 2. The first-order valence-corrected chi connectivity index (χ1v) is 15.9. The predicted octanol–water partition coefficient (Wildman–Crippen LogP) is 5.99. The van der Waals surface area contributed by atoms with E-state index in [1.165, 1.54) is 6.07 Å². The Bertz CT molecular complexity index is 1250. The number of hydrogen-bond donors (Lipinski definition) is 1. The third-order valence-corrected chi connectivity index (χ3v) is 8.02. The highest BCUT2D eigenvalue weighted by molar-refractivity contribution is 6.76. The molecule has 1 N–H and O–H groups in total. The van der Waals surface area contributed by atoms with Gasteiger partial charge >= 0.3 is 0 Å². The van der Waals surface area contributed by atoms with Crippen LogP contribution in [0.15, 0.2) is 36.5 Å². The Morgan fingerprint density at radius 3 is 2.69 bits per heavy atom. The Morgan fingerprint density at radius 2 is 2.00 bits per heavy atom. The van der Waals surface area contributed by atoms with E-state index >= 15 is 4.39 Å². The number of ether oxygens (including phenoxy) is 2. The number of benzene rings is 1. The molecule has 186 valence electrons. The van der Waals surface area contributed by atoms with Gasteiger partial charge in [0.15, 0.2) is 0 Å². The molecule has 1 aromatic carbocycles. The molecule has 2 aromatic heterocycles. The van der Waals surface area contributed by atoms with Crippen molar-refractivity contribution in [3.05, 3.63) is 42.3 Å². The SMILES string of the molecule is C[Si](C)(C)CCOCn1cc(-c2c(F)cccc2OC2CC2)c2ccc(NC(=O)C3CC3F)nc21. The number of hydrogen-bond acceptors (Lipinski definition) is 4. The topological polar surface area (TPSA) is 65.4 Å². The number of rotatable bonds is 10. The number of carbonyl (C=O) groups is 1. The fourth-order valence-corrected chi connectivity index (χ4v) is 4.71. The Morgan fingerprint density at radius 1 is 1.23 bits per heavy atom. The predicted molar refractivity (Wildman–Crippen MR) is 135 cm³/mol. The summed E-state index contributed by atoms with van der Waals surface area (Å²) in [5, 5.41) is 3.43. The highest BCUT2D eigenvalue weighted by atomic mass is 28.3. The molecule has 2 atom stereocenters. The van der Waals surface area contributed by atoms with E-state index in [1.807, 2.05) is 10.8 Å². The van der Waals surface area contributed by atoms with Gasteiger partial charge in [0.2, 0.25) is 5.91 Å². The molecule has 0 bridgehead atoms. The van der Waals surface area contributed by atoms with Gasteiger partial charge in [-0.3, -0.25) is 4.79 Å². The van der Waals surface area contributed by atoms with Crippen molar-refractivity contribution in [1.29, 1.82) is 0 Å². The maximum Gasteiger partial charge on any atom is 0.231 e. The Labute approximate surface area is 204 Å². The summed E-state index contributed by atoms with van der Waals surface area (Å²) in [5.74, 6) is -0.519. The minimum absolute atomic E-state index is 0.121. The second-order valence-electron chi connectivity index (χ2n) is 10.7. The van der Waals surface area contributed by atoms with E-state index in [2.05, 4.69) is 29.9 Å². The molecular weight excluding hydrogens is 468 g/mol. The average Bonchev–Trinajstić information content (AvgIpc) is 3.71. The quantitative estimate of drug-likeness (QED) is 0.275. The fourth-order valence-electron chi connectivity index (χ4n) is 3.96. The summed E-state index contributed by atoms with van der Waals surface area (Å²) in [5.41, 5.74) is 1.60. The Kier molecular flexibility index (Phi) is 6.39. The van der Waals surface area contributed by atoms with Gasteiger partial charge in [0.1, 0.15) is 35.9 Å². The first-order chi connectivity index (χ1) is 16.7. The molecule has 2 unspecified atom stereocenters. The minimum atomic E-state index is -1.25. The standard InChI is InChI=1S/C26H31F2N3O3Si/c1-35(2,3)12-11-33-15-31-14-19(24-20(27)5-4-6-22(24)34-16-7-8-16)17-9-10-23(29-25(17)31)30-26(32)18-13-21(18)28/h4-6,9-10,14,16,18,21H,7-8,11-13,15H2,1-3H3,(H,29,30,32). The van der Waals surface area contributed by atoms with Gasteiger partial charge < -0.3 is 19.4 Å². The van der Waals surface area contributed by atoms with E-state index < -0.39 is 20.2 Å². The van der Waals surface area contributed by atoms with Crippen LogP contribution >= 0.6 is 0 Å². The van der Waals surface area contributed by atoms with E-state index in [1.54, 1.807) is 24.3 Å². The molecule has 35 heavy (non-hydrogen) atoms. The van der Waals surface area contributed by atoms with Gasteiger partial charge in [-0.15, -0.1) is 0 Å². The minimum Gasteiger partial charge on any atom is -0.490 e. The van der Waals surface area contributed by atoms with Crippen molar-refractivity contribution in [2.24, 2.45) is 5.92 Å². The summed E-state index contributed by atoms with van der Waals surface area (Å²) in [4.78, 5) is 16.9. The van der Waals surface area contributed by atoms with Gasteiger partial charge in [-0.25, -0.2) is 13.8 Å². The number of amides is 1. The molecule has 1 amide bonds. The summed E-state index contributed by atoms with van der Waals surface area (Å²) in [6.07, 6.45) is 3.04. The molecule has 2 heterocycles. The molecule has 5 rings (SSSR count). The molecule has 6 nitrogen and oxygen atoms in total. The smallest absolute Gasteiger partial charge is 0.231 e. The van der Waals surface area contributed by atoms with Gasteiger partial charge in [0, 0.05) is 31.8 Å². The number of anilines is 1. The highest BCUT2D eigenvalue weighted by Gasteiger charge is 2.43. The number of nitrogens with one attached hydrogen (secondary N) is 1. The number of alkyl halides is 1. The summed E-state index contributed by atoms with van der Waals surface area (Å²) < 4.78 is 42.3. The lowest BCUT2D eigenvalue weighted by Gasteiger charge is -2.15. The Hall–Kier alpha value is -2.78. The number of pyridine rings is 1. The van der Waals surface area contributed by atoms with Crippen molar-refractivity contribution < 1.29 is 23.0 Å². The van der Waals surface area contributed by atoms with Crippen molar-refractivity contribution in [1.82, 2.24) is 9.55 Å². The fraction of sp³-hybridized carbons (Fsp3) is 0.462. The maximum absolute atomic E-state index is 15.1. The van der Waals surface area contributed by atoms with E-state index in [0.717, 1.165) is 24.3 Å². The molecule has 2 saturated carbocycles. The number of fused-ring (bicyclic) bond motifs is 1. The molecular formula is C26H31F2N3O3Si. The first kappa shape index (κ1) is 23.9. The van der Waals surface area contributed by atoms with E-state index in [0.29, 0.717) is 34.9 Å². The van der Waals surface area contributed by atoms with Crippen molar-refractivity contribution in [3.8, 4) is 16.9 Å². The van der Waals surface area contributed by atoms with Gasteiger partial charge in [-0.05, 0) is 49.6 Å². The van der Waals surface area contributed by atoms with Crippen molar-refractivity contribution in [2.45, 2.75) is 64.0 Å².